The summed E-state index contributed by atoms with van der Waals surface area (Å²) in [5.41, 5.74) is 9.52. The second kappa shape index (κ2) is 11.8. The normalized spacial score (nSPS) is 21.2. The maximum absolute atomic E-state index is 13.2. The van der Waals surface area contributed by atoms with Crippen molar-refractivity contribution in [3.8, 4) is 0 Å². The van der Waals surface area contributed by atoms with Crippen molar-refractivity contribution in [1.82, 2.24) is 9.80 Å². The second-order valence-electron chi connectivity index (χ2n) is 14.0. The molecule has 0 bridgehead atoms. The van der Waals surface area contributed by atoms with Crippen LogP contribution in [0.25, 0.3) is 0 Å². The van der Waals surface area contributed by atoms with Crippen LogP contribution in [0, 0.1) is 10.8 Å². The Balaban J connectivity index is 1.34. The Morgan fingerprint density at radius 2 is 1.76 bits per heavy atom. The predicted octanol–water partition coefficient (Wildman–Crippen LogP) is 7.04. The summed E-state index contributed by atoms with van der Waals surface area (Å²) in [6.45, 7) is 16.3. The first-order valence-electron chi connectivity index (χ1n) is 14.7. The van der Waals surface area contributed by atoms with E-state index in [1.165, 1.54) is 0 Å². The Bertz CT molecular complexity index is 1210. The molecule has 8 nitrogen and oxygen atoms in total. The lowest BCUT2D eigenvalue weighted by Gasteiger charge is -2.46. The Morgan fingerprint density at radius 3 is 2.37 bits per heavy atom. The molecule has 1 heterocycles. The minimum atomic E-state index is -0.482. The zero-order chi connectivity index (χ0) is 30.0. The fourth-order valence-corrected chi connectivity index (χ4v) is 5.73. The number of amides is 2. The van der Waals surface area contributed by atoms with Gasteiger partial charge in [-0.05, 0) is 81.0 Å². The van der Waals surface area contributed by atoms with Gasteiger partial charge in [0.25, 0.3) is 0 Å². The van der Waals surface area contributed by atoms with Gasteiger partial charge in [0, 0.05) is 31.7 Å². The third-order valence-electron chi connectivity index (χ3n) is 8.44. The molecule has 2 aromatic rings. The summed E-state index contributed by atoms with van der Waals surface area (Å²) in [5.74, 6) is 0. The Morgan fingerprint density at radius 1 is 1.07 bits per heavy atom. The van der Waals surface area contributed by atoms with E-state index in [1.807, 2.05) is 74.2 Å². The summed E-state index contributed by atoms with van der Waals surface area (Å²) in [4.78, 5) is 29.4. The Labute approximate surface area is 245 Å². The van der Waals surface area contributed by atoms with E-state index in [1.54, 1.807) is 4.90 Å². The zero-order valence-electron chi connectivity index (χ0n) is 25.8. The highest BCUT2D eigenvalue weighted by Crippen LogP contribution is 2.49. The van der Waals surface area contributed by atoms with E-state index in [-0.39, 0.29) is 35.7 Å². The quantitative estimate of drug-likeness (QED) is 0.350. The van der Waals surface area contributed by atoms with Crippen molar-refractivity contribution >= 4 is 23.6 Å². The first kappa shape index (κ1) is 30.5. The molecule has 1 saturated heterocycles. The fraction of sp³-hybridized carbons (Fsp3) is 0.576. The number of carbonyl (C=O) groups is 2. The number of ether oxygens (including phenoxy) is 2. The largest absolute Gasteiger partial charge is 0.445 e. The molecular weight excluding hydrogens is 516 g/mol. The average molecular weight is 565 g/mol. The molecule has 2 amide bonds. The van der Waals surface area contributed by atoms with Crippen LogP contribution in [-0.2, 0) is 22.6 Å². The van der Waals surface area contributed by atoms with Crippen molar-refractivity contribution in [2.24, 2.45) is 10.8 Å². The molecule has 0 aromatic heterocycles. The molecule has 1 aliphatic heterocycles. The summed E-state index contributed by atoms with van der Waals surface area (Å²) in [6, 6.07) is 16.0. The summed E-state index contributed by atoms with van der Waals surface area (Å²) in [7, 11) is 0. The van der Waals surface area contributed by atoms with Gasteiger partial charge in [-0.15, -0.1) is 0 Å². The molecule has 2 aliphatic rings. The summed E-state index contributed by atoms with van der Waals surface area (Å²) >= 11 is 0. The molecule has 224 valence electrons. The van der Waals surface area contributed by atoms with E-state index in [2.05, 4.69) is 33.0 Å². The third-order valence-corrected chi connectivity index (χ3v) is 8.44. The number of hydrogen-bond acceptors (Lipinski definition) is 6. The molecule has 0 radical (unpaired) electrons. The number of carbonyl (C=O) groups excluding carboxylic acids is 2. The summed E-state index contributed by atoms with van der Waals surface area (Å²) < 4.78 is 11.3. The first-order chi connectivity index (χ1) is 19.1. The lowest BCUT2D eigenvalue weighted by molar-refractivity contribution is 0.0237. The molecule has 41 heavy (non-hydrogen) atoms. The minimum Gasteiger partial charge on any atom is -0.445 e. The van der Waals surface area contributed by atoms with Gasteiger partial charge in [-0.2, -0.15) is 0 Å². The van der Waals surface area contributed by atoms with Crippen molar-refractivity contribution in [2.45, 2.75) is 98.6 Å². The summed E-state index contributed by atoms with van der Waals surface area (Å²) in [5, 5.41) is 3.60. The minimum absolute atomic E-state index is 0.0531. The lowest BCUT2D eigenvalue weighted by Crippen LogP contribution is -2.47. The molecule has 2 fully saturated rings. The standard InChI is InChI=1S/C33H48N4O4/c1-23(31(2,3)4)37(30(39)40-21-24-11-9-8-10-12-24)20-25-13-14-28(27(34)17-25)35-26-18-33(19-26)15-16-36(22-33)29(38)41-32(5,6)7/h8-14,17,23,26,35H,15-16,18-22,34H2,1-7H3/t23-,26?,33?/m0/s1. The van der Waals surface area contributed by atoms with Crippen LogP contribution in [0.15, 0.2) is 48.5 Å². The molecule has 1 spiro atoms. The predicted molar refractivity (Wildman–Crippen MR) is 163 cm³/mol. The average Bonchev–Trinajstić information content (AvgIpc) is 3.32. The maximum atomic E-state index is 13.2. The van der Waals surface area contributed by atoms with E-state index in [4.69, 9.17) is 15.2 Å². The van der Waals surface area contributed by atoms with E-state index in [9.17, 15) is 9.59 Å². The maximum Gasteiger partial charge on any atom is 0.410 e. The van der Waals surface area contributed by atoms with E-state index < -0.39 is 5.60 Å². The molecular formula is C33H48N4O4. The van der Waals surface area contributed by atoms with Gasteiger partial charge in [0.1, 0.15) is 12.2 Å². The van der Waals surface area contributed by atoms with Gasteiger partial charge in [0.05, 0.1) is 11.4 Å². The number of benzene rings is 2. The Kier molecular flexibility index (Phi) is 8.81. The van der Waals surface area contributed by atoms with Gasteiger partial charge in [-0.1, -0.05) is 57.2 Å². The molecule has 1 aliphatic carbocycles. The number of nitrogens with zero attached hydrogens (tertiary/aromatic N) is 2. The van der Waals surface area contributed by atoms with Crippen LogP contribution in [-0.4, -0.2) is 52.8 Å². The van der Waals surface area contributed by atoms with Crippen LogP contribution in [0.4, 0.5) is 21.0 Å². The van der Waals surface area contributed by atoms with Gasteiger partial charge in [0.15, 0.2) is 0 Å². The number of anilines is 2. The highest BCUT2D eigenvalue weighted by Gasteiger charge is 2.50. The second-order valence-corrected chi connectivity index (χ2v) is 14.0. The smallest absolute Gasteiger partial charge is 0.410 e. The van der Waals surface area contributed by atoms with Gasteiger partial charge >= 0.3 is 12.2 Å². The van der Waals surface area contributed by atoms with Crippen molar-refractivity contribution in [1.29, 1.82) is 0 Å². The van der Waals surface area contributed by atoms with Crippen LogP contribution in [0.1, 0.15) is 78.9 Å². The monoisotopic (exact) mass is 564 g/mol. The first-order valence-corrected chi connectivity index (χ1v) is 14.7. The van der Waals surface area contributed by atoms with Crippen molar-refractivity contribution in [3.05, 3.63) is 59.7 Å². The van der Waals surface area contributed by atoms with Crippen molar-refractivity contribution in [3.63, 3.8) is 0 Å². The lowest BCUT2D eigenvalue weighted by atomic mass is 9.65. The zero-order valence-corrected chi connectivity index (χ0v) is 25.8. The number of hydrogen-bond donors (Lipinski definition) is 2. The highest BCUT2D eigenvalue weighted by atomic mass is 16.6. The molecule has 4 rings (SSSR count). The van der Waals surface area contributed by atoms with Crippen LogP contribution in [0.3, 0.4) is 0 Å². The third kappa shape index (κ3) is 7.86. The molecule has 0 unspecified atom stereocenters. The molecule has 1 saturated carbocycles. The Hall–Kier alpha value is -3.42. The topological polar surface area (TPSA) is 97.1 Å². The van der Waals surface area contributed by atoms with E-state index in [0.29, 0.717) is 18.3 Å². The van der Waals surface area contributed by atoms with Crippen LogP contribution in [0.5, 0.6) is 0 Å². The molecule has 2 aromatic carbocycles. The number of likely N-dealkylation sites (tertiary alicyclic amines) is 1. The fourth-order valence-electron chi connectivity index (χ4n) is 5.73. The van der Waals surface area contributed by atoms with Crippen molar-refractivity contribution in [2.75, 3.05) is 24.1 Å². The number of rotatable bonds is 7. The van der Waals surface area contributed by atoms with Crippen molar-refractivity contribution < 1.29 is 19.1 Å². The number of nitrogens with two attached hydrogens (primary N) is 1. The molecule has 3 N–H and O–H groups in total. The van der Waals surface area contributed by atoms with E-state index in [0.717, 1.165) is 49.2 Å². The molecule has 1 atom stereocenters. The van der Waals surface area contributed by atoms with Gasteiger partial charge < -0.3 is 30.3 Å². The summed E-state index contributed by atoms with van der Waals surface area (Å²) in [6.07, 6.45) is 2.44. The van der Waals surface area contributed by atoms with Crippen LogP contribution < -0.4 is 11.1 Å². The number of nitrogen functional groups attached to an aromatic ring is 1. The van der Waals surface area contributed by atoms with Crippen LogP contribution in [0.2, 0.25) is 0 Å². The number of nitrogens with one attached hydrogen (secondary N) is 1. The molecule has 8 heteroatoms. The highest BCUT2D eigenvalue weighted by molar-refractivity contribution is 5.70. The van der Waals surface area contributed by atoms with Gasteiger partial charge in [-0.25, -0.2) is 9.59 Å². The van der Waals surface area contributed by atoms with Gasteiger partial charge in [-0.3, -0.25) is 0 Å². The van der Waals surface area contributed by atoms with Gasteiger partial charge in [0.2, 0.25) is 0 Å². The van der Waals surface area contributed by atoms with Crippen LogP contribution >= 0.6 is 0 Å². The van der Waals surface area contributed by atoms with E-state index >= 15 is 0 Å². The SMILES string of the molecule is C[C@H](N(Cc1ccc(NC2CC3(CCN(C(=O)OC(C)(C)C)C3)C2)c(N)c1)C(=O)OCc1ccccc1)C(C)(C)C.